The van der Waals surface area contributed by atoms with Crippen molar-refractivity contribution >= 4 is 28.0 Å². The second kappa shape index (κ2) is 9.18. The molecule has 3 N–H and O–H groups in total. The van der Waals surface area contributed by atoms with Gasteiger partial charge >= 0.3 is 0 Å². The fourth-order valence-electron chi connectivity index (χ4n) is 4.50. The Balaban J connectivity index is 1.38. The highest BCUT2D eigenvalue weighted by molar-refractivity contribution is 7.10. The lowest BCUT2D eigenvalue weighted by Crippen LogP contribution is -2.54. The van der Waals surface area contributed by atoms with Crippen LogP contribution >= 0.6 is 11.5 Å². The Morgan fingerprint density at radius 3 is 2.91 bits per heavy atom. The minimum absolute atomic E-state index is 0.128. The summed E-state index contributed by atoms with van der Waals surface area (Å²) in [5.74, 6) is 0.684. The summed E-state index contributed by atoms with van der Waals surface area (Å²) in [5, 5.41) is 21.4. The Morgan fingerprint density at radius 1 is 1.33 bits per heavy atom. The van der Waals surface area contributed by atoms with Crippen molar-refractivity contribution in [2.24, 2.45) is 0 Å². The van der Waals surface area contributed by atoms with Crippen molar-refractivity contribution in [2.45, 2.75) is 38.8 Å². The third kappa shape index (κ3) is 4.24. The van der Waals surface area contributed by atoms with Gasteiger partial charge in [-0.3, -0.25) is 14.4 Å². The smallest absolute Gasteiger partial charge is 0.180 e. The number of ether oxygens (including phenoxy) is 1. The SMILES string of the molecule is CCN(Cc1cc(Nc2nc(C)cn3c(-c4cn[nH]c4)cnc23)sn1)C1(CO)CCOCC1. The van der Waals surface area contributed by atoms with Crippen LogP contribution in [0.15, 0.2) is 30.9 Å². The van der Waals surface area contributed by atoms with Crippen LogP contribution in [0.1, 0.15) is 31.2 Å². The average molecular weight is 469 g/mol. The molecule has 174 valence electrons. The molecule has 11 heteroatoms. The van der Waals surface area contributed by atoms with E-state index < -0.39 is 0 Å². The number of aliphatic hydroxyl groups is 1. The topological polar surface area (TPSA) is 116 Å². The number of likely N-dealkylation sites (N-methyl/N-ethyl adjacent to an activating group) is 1. The summed E-state index contributed by atoms with van der Waals surface area (Å²) >= 11 is 1.40. The fraction of sp³-hybridized carbons (Fsp3) is 0.455. The molecular weight excluding hydrogens is 440 g/mol. The quantitative estimate of drug-likeness (QED) is 0.361. The zero-order chi connectivity index (χ0) is 22.8. The summed E-state index contributed by atoms with van der Waals surface area (Å²) in [6, 6.07) is 2.05. The summed E-state index contributed by atoms with van der Waals surface area (Å²) < 4.78 is 12.2. The van der Waals surface area contributed by atoms with Gasteiger partial charge in [0.2, 0.25) is 0 Å². The molecule has 10 nitrogen and oxygen atoms in total. The van der Waals surface area contributed by atoms with Gasteiger partial charge in [-0.25, -0.2) is 9.97 Å². The summed E-state index contributed by atoms with van der Waals surface area (Å²) in [4.78, 5) is 11.6. The first-order valence-corrected chi connectivity index (χ1v) is 11.9. The Bertz CT molecular complexity index is 1210. The number of aromatic amines is 1. The van der Waals surface area contributed by atoms with E-state index in [2.05, 4.69) is 47.7 Å². The maximum absolute atomic E-state index is 10.2. The van der Waals surface area contributed by atoms with E-state index in [0.717, 1.165) is 52.7 Å². The molecule has 4 aromatic rings. The van der Waals surface area contributed by atoms with Crippen LogP contribution in [0.2, 0.25) is 0 Å². The number of anilines is 2. The number of aliphatic hydroxyl groups excluding tert-OH is 1. The molecule has 0 saturated carbocycles. The molecule has 0 aromatic carbocycles. The van der Waals surface area contributed by atoms with Crippen molar-refractivity contribution in [3.8, 4) is 11.3 Å². The van der Waals surface area contributed by atoms with Crippen molar-refractivity contribution in [3.63, 3.8) is 0 Å². The van der Waals surface area contributed by atoms with Crippen LogP contribution in [0.3, 0.4) is 0 Å². The Labute approximate surface area is 195 Å². The second-order valence-corrected chi connectivity index (χ2v) is 9.18. The highest BCUT2D eigenvalue weighted by atomic mass is 32.1. The number of hydrogen-bond donors (Lipinski definition) is 3. The Kier molecular flexibility index (Phi) is 6.11. The fourth-order valence-corrected chi connectivity index (χ4v) is 5.15. The monoisotopic (exact) mass is 468 g/mol. The molecule has 1 aliphatic heterocycles. The molecule has 33 heavy (non-hydrogen) atoms. The van der Waals surface area contributed by atoms with Crippen LogP contribution in [0.5, 0.6) is 0 Å². The van der Waals surface area contributed by atoms with Gasteiger partial charge in [-0.15, -0.1) is 0 Å². The lowest BCUT2D eigenvalue weighted by Gasteiger charge is -2.44. The first-order valence-electron chi connectivity index (χ1n) is 11.1. The lowest BCUT2D eigenvalue weighted by atomic mass is 9.88. The van der Waals surface area contributed by atoms with Gasteiger partial charge in [-0.2, -0.15) is 9.47 Å². The van der Waals surface area contributed by atoms with Crippen molar-refractivity contribution in [3.05, 3.63) is 42.2 Å². The van der Waals surface area contributed by atoms with E-state index in [0.29, 0.717) is 25.6 Å². The van der Waals surface area contributed by atoms with Crippen LogP contribution in [0.4, 0.5) is 10.8 Å². The van der Waals surface area contributed by atoms with Gasteiger partial charge in [0.15, 0.2) is 11.5 Å². The number of nitrogens with zero attached hydrogens (tertiary/aromatic N) is 6. The Morgan fingerprint density at radius 2 is 2.18 bits per heavy atom. The van der Waals surface area contributed by atoms with Crippen molar-refractivity contribution in [1.82, 2.24) is 33.8 Å². The summed E-state index contributed by atoms with van der Waals surface area (Å²) in [5.41, 5.74) is 4.25. The lowest BCUT2D eigenvalue weighted by molar-refractivity contribution is -0.0587. The number of H-pyrrole nitrogens is 1. The molecular formula is C22H28N8O2S. The molecule has 1 aliphatic rings. The summed E-state index contributed by atoms with van der Waals surface area (Å²) in [7, 11) is 0. The molecule has 0 aliphatic carbocycles. The number of aryl methyl sites for hydroxylation is 1. The van der Waals surface area contributed by atoms with Gasteiger partial charge in [0.1, 0.15) is 5.00 Å². The van der Waals surface area contributed by atoms with Crippen LogP contribution in [-0.4, -0.2) is 70.9 Å². The van der Waals surface area contributed by atoms with E-state index in [1.807, 2.05) is 29.9 Å². The van der Waals surface area contributed by atoms with Gasteiger partial charge in [0, 0.05) is 43.3 Å². The average Bonchev–Trinajstić information content (AvgIpc) is 3.59. The number of hydrogen-bond acceptors (Lipinski definition) is 9. The number of rotatable bonds is 8. The third-order valence-corrected chi connectivity index (χ3v) is 7.07. The minimum Gasteiger partial charge on any atom is -0.394 e. The van der Waals surface area contributed by atoms with E-state index in [-0.39, 0.29) is 12.1 Å². The van der Waals surface area contributed by atoms with Crippen LogP contribution in [0, 0.1) is 6.92 Å². The summed E-state index contributed by atoms with van der Waals surface area (Å²) in [6.45, 7) is 7.10. The van der Waals surface area contributed by atoms with Gasteiger partial charge < -0.3 is 15.2 Å². The van der Waals surface area contributed by atoms with Crippen molar-refractivity contribution < 1.29 is 9.84 Å². The highest BCUT2D eigenvalue weighted by Gasteiger charge is 2.37. The van der Waals surface area contributed by atoms with E-state index >= 15 is 0 Å². The van der Waals surface area contributed by atoms with Crippen molar-refractivity contribution in [1.29, 1.82) is 0 Å². The maximum atomic E-state index is 10.2. The molecule has 5 rings (SSSR count). The summed E-state index contributed by atoms with van der Waals surface area (Å²) in [6.07, 6.45) is 9.08. The zero-order valence-corrected chi connectivity index (χ0v) is 19.6. The van der Waals surface area contributed by atoms with Crippen LogP contribution < -0.4 is 5.32 Å². The van der Waals surface area contributed by atoms with E-state index in [4.69, 9.17) is 4.74 Å². The molecule has 4 aromatic heterocycles. The maximum Gasteiger partial charge on any atom is 0.180 e. The standard InChI is InChI=1S/C22H28N8O2S/c1-3-29(22(14-31)4-6-32-7-5-22)13-17-8-19(33-28-17)27-20-21-23-11-18(16-9-24-25-10-16)30(21)12-15(2)26-20/h8-12,31H,3-7,13-14H2,1-2H3,(H,24,25)(H,26,27). The molecule has 0 spiro atoms. The van der Waals surface area contributed by atoms with Gasteiger partial charge in [-0.05, 0) is 43.9 Å². The van der Waals surface area contributed by atoms with E-state index in [1.165, 1.54) is 11.5 Å². The first-order chi connectivity index (χ1) is 16.1. The van der Waals surface area contributed by atoms with Crippen LogP contribution in [0.25, 0.3) is 16.9 Å². The first kappa shape index (κ1) is 22.0. The van der Waals surface area contributed by atoms with Crippen molar-refractivity contribution in [2.75, 3.05) is 31.7 Å². The third-order valence-electron chi connectivity index (χ3n) is 6.33. The molecule has 0 atom stereocenters. The molecule has 5 heterocycles. The molecule has 1 fully saturated rings. The molecule has 0 unspecified atom stereocenters. The van der Waals surface area contributed by atoms with Gasteiger partial charge in [-0.1, -0.05) is 6.92 Å². The van der Waals surface area contributed by atoms with E-state index in [9.17, 15) is 5.11 Å². The normalized spacial score (nSPS) is 16.0. The van der Waals surface area contributed by atoms with Crippen LogP contribution in [-0.2, 0) is 11.3 Å². The minimum atomic E-state index is -0.242. The molecule has 0 amide bonds. The zero-order valence-electron chi connectivity index (χ0n) is 18.8. The highest BCUT2D eigenvalue weighted by Crippen LogP contribution is 2.31. The number of aromatic nitrogens is 6. The largest absolute Gasteiger partial charge is 0.394 e. The molecule has 0 radical (unpaired) electrons. The molecule has 0 bridgehead atoms. The number of fused-ring (bicyclic) bond motifs is 1. The van der Waals surface area contributed by atoms with Gasteiger partial charge in [0.25, 0.3) is 0 Å². The number of imidazole rings is 1. The predicted octanol–water partition coefficient (Wildman–Crippen LogP) is 2.99. The van der Waals surface area contributed by atoms with E-state index in [1.54, 1.807) is 6.20 Å². The second-order valence-electron chi connectivity index (χ2n) is 8.37. The molecule has 1 saturated heterocycles. The Hall–Kier alpha value is -2.86. The van der Waals surface area contributed by atoms with Gasteiger partial charge in [0.05, 0.1) is 36.1 Å². The predicted molar refractivity (Wildman–Crippen MR) is 127 cm³/mol. The number of nitrogens with one attached hydrogen (secondary N) is 2.